The summed E-state index contributed by atoms with van der Waals surface area (Å²) >= 11 is 0. The molecule has 0 amide bonds. The van der Waals surface area contributed by atoms with Crippen LogP contribution in [0.25, 0.3) is 0 Å². The van der Waals surface area contributed by atoms with Crippen LogP contribution >= 0.6 is 0 Å². The molecule has 1 heterocycles. The summed E-state index contributed by atoms with van der Waals surface area (Å²) in [4.78, 5) is 8.78. The maximum Gasteiger partial charge on any atom is 0.224 e. The Morgan fingerprint density at radius 2 is 2.12 bits per heavy atom. The molecule has 0 atom stereocenters. The molecule has 1 aromatic heterocycles. The fraction of sp³-hybridized carbons (Fsp3) is 0.692. The van der Waals surface area contributed by atoms with Crippen molar-refractivity contribution in [3.63, 3.8) is 0 Å². The van der Waals surface area contributed by atoms with Crippen molar-refractivity contribution >= 4 is 11.8 Å². The SMILES string of the molecule is CCNc1ncc(C)c(NC(C)(C)C2CC2)n1. The van der Waals surface area contributed by atoms with Crippen molar-refractivity contribution in [2.45, 2.75) is 46.1 Å². The summed E-state index contributed by atoms with van der Waals surface area (Å²) in [5, 5.41) is 6.70. The van der Waals surface area contributed by atoms with Crippen LogP contribution in [-0.4, -0.2) is 22.1 Å². The topological polar surface area (TPSA) is 49.8 Å². The van der Waals surface area contributed by atoms with Gasteiger partial charge in [-0.3, -0.25) is 0 Å². The zero-order valence-corrected chi connectivity index (χ0v) is 11.2. The molecule has 17 heavy (non-hydrogen) atoms. The van der Waals surface area contributed by atoms with Gasteiger partial charge in [0.25, 0.3) is 0 Å². The molecule has 1 saturated carbocycles. The molecular weight excluding hydrogens is 212 g/mol. The summed E-state index contributed by atoms with van der Waals surface area (Å²) in [6, 6.07) is 0. The van der Waals surface area contributed by atoms with E-state index in [4.69, 9.17) is 0 Å². The second-order valence-corrected chi connectivity index (χ2v) is 5.38. The lowest BCUT2D eigenvalue weighted by Gasteiger charge is -2.27. The van der Waals surface area contributed by atoms with Gasteiger partial charge in [-0.2, -0.15) is 4.98 Å². The minimum Gasteiger partial charge on any atom is -0.365 e. The first kappa shape index (κ1) is 12.1. The number of aryl methyl sites for hydroxylation is 1. The zero-order chi connectivity index (χ0) is 12.5. The highest BCUT2D eigenvalue weighted by Crippen LogP contribution is 2.41. The highest BCUT2D eigenvalue weighted by molar-refractivity contribution is 5.48. The Balaban J connectivity index is 2.15. The molecule has 0 radical (unpaired) electrons. The third-order valence-corrected chi connectivity index (χ3v) is 3.35. The van der Waals surface area contributed by atoms with E-state index in [9.17, 15) is 0 Å². The van der Waals surface area contributed by atoms with Crippen molar-refractivity contribution in [2.75, 3.05) is 17.2 Å². The smallest absolute Gasteiger partial charge is 0.224 e. The van der Waals surface area contributed by atoms with E-state index < -0.39 is 0 Å². The summed E-state index contributed by atoms with van der Waals surface area (Å²) in [5.41, 5.74) is 1.23. The normalized spacial score (nSPS) is 15.8. The van der Waals surface area contributed by atoms with Gasteiger partial charge in [0.15, 0.2) is 0 Å². The van der Waals surface area contributed by atoms with E-state index in [1.807, 2.05) is 20.0 Å². The third-order valence-electron chi connectivity index (χ3n) is 3.35. The van der Waals surface area contributed by atoms with Crippen molar-refractivity contribution in [1.29, 1.82) is 0 Å². The molecule has 0 aliphatic heterocycles. The van der Waals surface area contributed by atoms with Crippen molar-refractivity contribution in [1.82, 2.24) is 9.97 Å². The summed E-state index contributed by atoms with van der Waals surface area (Å²) < 4.78 is 0. The Kier molecular flexibility index (Phi) is 3.22. The minimum absolute atomic E-state index is 0.128. The van der Waals surface area contributed by atoms with E-state index in [1.54, 1.807) is 0 Å². The molecular formula is C13H22N4. The van der Waals surface area contributed by atoms with Crippen LogP contribution in [-0.2, 0) is 0 Å². The van der Waals surface area contributed by atoms with Crippen LogP contribution in [0, 0.1) is 12.8 Å². The molecule has 4 heteroatoms. The lowest BCUT2D eigenvalue weighted by molar-refractivity contribution is 0.492. The Morgan fingerprint density at radius 3 is 2.71 bits per heavy atom. The number of rotatable bonds is 5. The van der Waals surface area contributed by atoms with Gasteiger partial charge in [-0.25, -0.2) is 4.98 Å². The van der Waals surface area contributed by atoms with Gasteiger partial charge in [-0.05, 0) is 46.5 Å². The second-order valence-electron chi connectivity index (χ2n) is 5.38. The molecule has 94 valence electrons. The van der Waals surface area contributed by atoms with Gasteiger partial charge in [-0.15, -0.1) is 0 Å². The van der Waals surface area contributed by atoms with Crippen LogP contribution in [0.15, 0.2) is 6.20 Å². The van der Waals surface area contributed by atoms with Crippen LogP contribution in [0.1, 0.15) is 39.2 Å². The minimum atomic E-state index is 0.128. The van der Waals surface area contributed by atoms with Crippen LogP contribution < -0.4 is 10.6 Å². The second kappa shape index (κ2) is 4.51. The number of nitrogens with one attached hydrogen (secondary N) is 2. The molecule has 0 bridgehead atoms. The van der Waals surface area contributed by atoms with E-state index >= 15 is 0 Å². The first-order valence-corrected chi connectivity index (χ1v) is 6.38. The molecule has 1 aromatic rings. The van der Waals surface area contributed by atoms with Crippen molar-refractivity contribution in [2.24, 2.45) is 5.92 Å². The molecule has 1 aliphatic carbocycles. The van der Waals surface area contributed by atoms with Crippen molar-refractivity contribution in [3.05, 3.63) is 11.8 Å². The van der Waals surface area contributed by atoms with E-state index in [1.165, 1.54) is 12.8 Å². The molecule has 1 aliphatic rings. The van der Waals surface area contributed by atoms with Crippen LogP contribution in [0.3, 0.4) is 0 Å². The lowest BCUT2D eigenvalue weighted by Crippen LogP contribution is -2.34. The predicted molar refractivity (Wildman–Crippen MR) is 71.4 cm³/mol. The van der Waals surface area contributed by atoms with Crippen molar-refractivity contribution < 1.29 is 0 Å². The quantitative estimate of drug-likeness (QED) is 0.822. The van der Waals surface area contributed by atoms with Crippen LogP contribution in [0.2, 0.25) is 0 Å². The number of hydrogen-bond donors (Lipinski definition) is 2. The van der Waals surface area contributed by atoms with Crippen LogP contribution in [0.4, 0.5) is 11.8 Å². The maximum absolute atomic E-state index is 4.52. The highest BCUT2D eigenvalue weighted by Gasteiger charge is 2.38. The summed E-state index contributed by atoms with van der Waals surface area (Å²) in [6.07, 6.45) is 4.52. The fourth-order valence-electron chi connectivity index (χ4n) is 2.02. The highest BCUT2D eigenvalue weighted by atomic mass is 15.2. The standard InChI is InChI=1S/C13H22N4/c1-5-14-12-15-8-9(2)11(16-12)17-13(3,4)10-6-7-10/h8,10H,5-7H2,1-4H3,(H2,14,15,16,17). The maximum atomic E-state index is 4.52. The number of hydrogen-bond acceptors (Lipinski definition) is 4. The first-order chi connectivity index (χ1) is 8.03. The van der Waals surface area contributed by atoms with E-state index in [2.05, 4.69) is 34.4 Å². The molecule has 4 nitrogen and oxygen atoms in total. The average Bonchev–Trinajstić information content (AvgIpc) is 3.07. The molecule has 1 fully saturated rings. The van der Waals surface area contributed by atoms with E-state index in [-0.39, 0.29) is 5.54 Å². The Labute approximate surface area is 103 Å². The molecule has 0 aromatic carbocycles. The zero-order valence-electron chi connectivity index (χ0n) is 11.2. The van der Waals surface area contributed by atoms with E-state index in [0.29, 0.717) is 5.95 Å². The van der Waals surface area contributed by atoms with Gasteiger partial charge >= 0.3 is 0 Å². The Hall–Kier alpha value is -1.32. The Bertz CT molecular complexity index is 396. The molecule has 0 unspecified atom stereocenters. The monoisotopic (exact) mass is 234 g/mol. The number of aromatic nitrogens is 2. The number of anilines is 2. The predicted octanol–water partition coefficient (Wildman–Crippen LogP) is 2.82. The average molecular weight is 234 g/mol. The summed E-state index contributed by atoms with van der Waals surface area (Å²) in [6.45, 7) is 9.43. The van der Waals surface area contributed by atoms with Crippen LogP contribution in [0.5, 0.6) is 0 Å². The van der Waals surface area contributed by atoms with Gasteiger partial charge in [-0.1, -0.05) is 0 Å². The largest absolute Gasteiger partial charge is 0.365 e. The lowest BCUT2D eigenvalue weighted by atomic mass is 9.98. The fourth-order valence-corrected chi connectivity index (χ4v) is 2.02. The summed E-state index contributed by atoms with van der Waals surface area (Å²) in [7, 11) is 0. The number of nitrogens with zero attached hydrogens (tertiary/aromatic N) is 2. The molecule has 0 spiro atoms. The molecule has 2 N–H and O–H groups in total. The van der Waals surface area contributed by atoms with E-state index in [0.717, 1.165) is 23.8 Å². The van der Waals surface area contributed by atoms with Gasteiger partial charge in [0, 0.05) is 23.8 Å². The molecule has 2 rings (SSSR count). The molecule has 0 saturated heterocycles. The van der Waals surface area contributed by atoms with Gasteiger partial charge in [0.1, 0.15) is 5.82 Å². The van der Waals surface area contributed by atoms with Gasteiger partial charge in [0.2, 0.25) is 5.95 Å². The van der Waals surface area contributed by atoms with Gasteiger partial charge in [0.05, 0.1) is 0 Å². The van der Waals surface area contributed by atoms with Crippen molar-refractivity contribution in [3.8, 4) is 0 Å². The Morgan fingerprint density at radius 1 is 1.41 bits per heavy atom. The van der Waals surface area contributed by atoms with Gasteiger partial charge < -0.3 is 10.6 Å². The summed E-state index contributed by atoms with van der Waals surface area (Å²) in [5.74, 6) is 2.43. The first-order valence-electron chi connectivity index (χ1n) is 6.38. The third kappa shape index (κ3) is 2.87.